The molecule has 1 aromatic heterocycles. The third kappa shape index (κ3) is 7.72. The van der Waals surface area contributed by atoms with E-state index in [1.807, 2.05) is 30.0 Å². The molecule has 2 aromatic rings. The van der Waals surface area contributed by atoms with Crippen LogP contribution in [0.3, 0.4) is 0 Å². The van der Waals surface area contributed by atoms with E-state index in [2.05, 4.69) is 17.5 Å². The summed E-state index contributed by atoms with van der Waals surface area (Å²) in [5, 5.41) is 31.2. The van der Waals surface area contributed by atoms with Crippen LogP contribution < -0.4 is 21.4 Å². The summed E-state index contributed by atoms with van der Waals surface area (Å²) < 4.78 is 0. The lowest BCUT2D eigenvalue weighted by Crippen LogP contribution is -2.45. The lowest BCUT2D eigenvalue weighted by molar-refractivity contribution is -0.129. The second-order valence-corrected chi connectivity index (χ2v) is 10.5. The molecule has 1 fully saturated rings. The lowest BCUT2D eigenvalue weighted by atomic mass is 9.99. The molecule has 40 heavy (non-hydrogen) atoms. The van der Waals surface area contributed by atoms with Gasteiger partial charge in [0.05, 0.1) is 11.1 Å². The smallest absolute Gasteiger partial charge is 0.243 e. The van der Waals surface area contributed by atoms with Crippen LogP contribution in [0.5, 0.6) is 0 Å². The van der Waals surface area contributed by atoms with Gasteiger partial charge in [0.1, 0.15) is 28.2 Å². The minimum Gasteiger partial charge on any atom is -0.368 e. The quantitative estimate of drug-likeness (QED) is 0.130. The number of pyridine rings is 1. The summed E-state index contributed by atoms with van der Waals surface area (Å²) in [6, 6.07) is 13.4. The topological polar surface area (TPSA) is 185 Å². The molecule has 1 unspecified atom stereocenters. The first-order valence-electron chi connectivity index (χ1n) is 13.2. The molecule has 0 saturated carbocycles. The first-order valence-corrected chi connectivity index (χ1v) is 14.1. The summed E-state index contributed by atoms with van der Waals surface area (Å²) >= 11 is 1.11. The maximum atomic E-state index is 12.4. The second kappa shape index (κ2) is 14.9. The number of hydroxylamine groups is 1. The number of piperidine rings is 1. The van der Waals surface area contributed by atoms with E-state index in [0.717, 1.165) is 11.8 Å². The van der Waals surface area contributed by atoms with Crippen molar-refractivity contribution >= 4 is 35.3 Å². The molecule has 1 aliphatic heterocycles. The van der Waals surface area contributed by atoms with Crippen LogP contribution in [0.15, 0.2) is 35.4 Å². The fourth-order valence-electron chi connectivity index (χ4n) is 4.69. The lowest BCUT2D eigenvalue weighted by Gasteiger charge is -2.34. The van der Waals surface area contributed by atoms with Crippen LogP contribution in [0, 0.1) is 22.7 Å². The van der Waals surface area contributed by atoms with E-state index in [1.165, 1.54) is 0 Å². The third-order valence-corrected chi connectivity index (χ3v) is 8.02. The number of anilines is 1. The minimum atomic E-state index is -0.759. The molecule has 3 rings (SSSR count). The summed E-state index contributed by atoms with van der Waals surface area (Å²) in [6.07, 6.45) is 3.21. The molecule has 0 bridgehead atoms. The SMILES string of the molecule is CCc1c(C#N)c(SC(C(N)=O)c2ccccc2)nc(N2CCC(NC(=O)CCCCC(=O)NO)CC2)c1C#N. The van der Waals surface area contributed by atoms with Crippen molar-refractivity contribution < 1.29 is 19.6 Å². The number of benzene rings is 1. The zero-order valence-electron chi connectivity index (χ0n) is 22.4. The number of nitrogens with two attached hydrogens (primary N) is 1. The first kappa shape index (κ1) is 30.4. The number of nitrogens with zero attached hydrogens (tertiary/aromatic N) is 4. The molecule has 2 heterocycles. The number of nitrogens with one attached hydrogen (secondary N) is 2. The van der Waals surface area contributed by atoms with Crippen molar-refractivity contribution in [1.29, 1.82) is 10.5 Å². The van der Waals surface area contributed by atoms with Crippen molar-refractivity contribution in [3.8, 4) is 12.1 Å². The number of unbranched alkanes of at least 4 members (excludes halogenated alkanes) is 1. The first-order chi connectivity index (χ1) is 19.3. The Hall–Kier alpha value is -4.13. The van der Waals surface area contributed by atoms with E-state index >= 15 is 0 Å². The molecule has 1 aliphatic rings. The van der Waals surface area contributed by atoms with Gasteiger partial charge < -0.3 is 16.0 Å². The standard InChI is InChI=1S/C28H33N7O4S/c1-2-20-21(16-29)27(33-28(22(20)17-30)40-25(26(31)38)18-8-4-3-5-9-18)35-14-12-19(13-15-35)32-23(36)10-6-7-11-24(37)34-39/h3-5,8-9,19,25,39H,2,6-7,10-15H2,1H3,(H2,31,38)(H,32,36)(H,34,37). The van der Waals surface area contributed by atoms with Crippen LogP contribution in [0.25, 0.3) is 0 Å². The largest absolute Gasteiger partial charge is 0.368 e. The Bertz CT molecular complexity index is 1300. The number of hydrogen-bond acceptors (Lipinski definition) is 9. The van der Waals surface area contributed by atoms with Gasteiger partial charge in [-0.3, -0.25) is 19.6 Å². The number of nitriles is 2. The fourth-order valence-corrected chi connectivity index (χ4v) is 5.75. The molecule has 11 nitrogen and oxygen atoms in total. The van der Waals surface area contributed by atoms with Gasteiger partial charge in [-0.05, 0) is 43.2 Å². The Morgan fingerprint density at radius 3 is 2.27 bits per heavy atom. The number of primary amides is 1. The number of carbonyl (C=O) groups excluding carboxylic acids is 3. The highest BCUT2D eigenvalue weighted by Crippen LogP contribution is 2.39. The van der Waals surface area contributed by atoms with Crippen molar-refractivity contribution in [2.24, 2.45) is 5.73 Å². The number of rotatable bonds is 12. The summed E-state index contributed by atoms with van der Waals surface area (Å²) in [5.74, 6) is -0.663. The molecule has 210 valence electrons. The minimum absolute atomic E-state index is 0.0368. The molecule has 1 atom stereocenters. The fraction of sp³-hybridized carbons (Fsp3) is 0.429. The molecule has 0 aliphatic carbocycles. The molecule has 1 aromatic carbocycles. The van der Waals surface area contributed by atoms with Crippen molar-refractivity contribution in [1.82, 2.24) is 15.8 Å². The Balaban J connectivity index is 1.76. The van der Waals surface area contributed by atoms with E-state index in [0.29, 0.717) is 72.7 Å². The highest BCUT2D eigenvalue weighted by atomic mass is 32.2. The van der Waals surface area contributed by atoms with E-state index in [1.54, 1.807) is 17.6 Å². The van der Waals surface area contributed by atoms with Gasteiger partial charge in [-0.2, -0.15) is 10.5 Å². The van der Waals surface area contributed by atoms with Gasteiger partial charge in [0.15, 0.2) is 0 Å². The second-order valence-electron chi connectivity index (χ2n) is 9.43. The van der Waals surface area contributed by atoms with Gasteiger partial charge >= 0.3 is 0 Å². The summed E-state index contributed by atoms with van der Waals surface area (Å²) in [4.78, 5) is 42.6. The Kier molecular flexibility index (Phi) is 11.3. The van der Waals surface area contributed by atoms with E-state index in [9.17, 15) is 24.9 Å². The number of amides is 3. The van der Waals surface area contributed by atoms with Gasteiger partial charge in [-0.25, -0.2) is 10.5 Å². The third-order valence-electron chi connectivity index (χ3n) is 6.76. The summed E-state index contributed by atoms with van der Waals surface area (Å²) in [5.41, 5.74) is 9.20. The van der Waals surface area contributed by atoms with Gasteiger partial charge in [-0.15, -0.1) is 0 Å². The van der Waals surface area contributed by atoms with Crippen LogP contribution in [-0.4, -0.2) is 47.0 Å². The maximum absolute atomic E-state index is 12.4. The zero-order valence-corrected chi connectivity index (χ0v) is 23.2. The summed E-state index contributed by atoms with van der Waals surface area (Å²) in [6.45, 7) is 2.96. The van der Waals surface area contributed by atoms with Crippen LogP contribution in [0.2, 0.25) is 0 Å². The monoisotopic (exact) mass is 563 g/mol. The average Bonchev–Trinajstić information content (AvgIpc) is 2.97. The number of hydrogen-bond donors (Lipinski definition) is 4. The van der Waals surface area contributed by atoms with E-state index < -0.39 is 17.1 Å². The van der Waals surface area contributed by atoms with Crippen LogP contribution in [-0.2, 0) is 20.8 Å². The highest BCUT2D eigenvalue weighted by Gasteiger charge is 2.29. The average molecular weight is 564 g/mol. The molecule has 0 radical (unpaired) electrons. The predicted octanol–water partition coefficient (Wildman–Crippen LogP) is 2.86. The van der Waals surface area contributed by atoms with Gasteiger partial charge in [-0.1, -0.05) is 49.0 Å². The molecule has 0 spiro atoms. The number of aromatic nitrogens is 1. The van der Waals surface area contributed by atoms with E-state index in [-0.39, 0.29) is 30.4 Å². The summed E-state index contributed by atoms with van der Waals surface area (Å²) in [7, 11) is 0. The molecule has 1 saturated heterocycles. The molecular weight excluding hydrogens is 530 g/mol. The number of carbonyl (C=O) groups is 3. The Morgan fingerprint density at radius 1 is 1.10 bits per heavy atom. The Morgan fingerprint density at radius 2 is 1.73 bits per heavy atom. The van der Waals surface area contributed by atoms with Crippen molar-refractivity contribution in [3.05, 3.63) is 52.6 Å². The van der Waals surface area contributed by atoms with Crippen molar-refractivity contribution in [2.45, 2.75) is 68.2 Å². The van der Waals surface area contributed by atoms with Gasteiger partial charge in [0, 0.05) is 32.0 Å². The normalized spacial score (nSPS) is 14.1. The van der Waals surface area contributed by atoms with Crippen LogP contribution in [0.4, 0.5) is 5.82 Å². The van der Waals surface area contributed by atoms with Crippen molar-refractivity contribution in [2.75, 3.05) is 18.0 Å². The maximum Gasteiger partial charge on any atom is 0.243 e. The molecular formula is C28H33N7O4S. The highest BCUT2D eigenvalue weighted by molar-refractivity contribution is 8.00. The van der Waals surface area contributed by atoms with E-state index in [4.69, 9.17) is 15.9 Å². The predicted molar refractivity (Wildman–Crippen MR) is 149 cm³/mol. The molecule has 3 amide bonds. The zero-order chi connectivity index (χ0) is 29.1. The molecule has 12 heteroatoms. The van der Waals surface area contributed by atoms with Crippen LogP contribution >= 0.6 is 11.8 Å². The number of thioether (sulfide) groups is 1. The van der Waals surface area contributed by atoms with Gasteiger partial charge in [0.2, 0.25) is 17.7 Å². The molecule has 5 N–H and O–H groups in total. The van der Waals surface area contributed by atoms with Crippen LogP contribution in [0.1, 0.15) is 73.0 Å². The van der Waals surface area contributed by atoms with Gasteiger partial charge in [0.25, 0.3) is 0 Å². The Labute approximate surface area is 237 Å². The van der Waals surface area contributed by atoms with Crippen molar-refractivity contribution in [3.63, 3.8) is 0 Å².